The molecule has 1 saturated heterocycles. The summed E-state index contributed by atoms with van der Waals surface area (Å²) in [7, 11) is 0. The van der Waals surface area contributed by atoms with Crippen LogP contribution in [0.4, 0.5) is 0 Å². The van der Waals surface area contributed by atoms with E-state index in [1.165, 1.54) is 11.9 Å². The number of para-hydroxylation sites is 1. The normalized spacial score (nSPS) is 16.5. The zero-order chi connectivity index (χ0) is 24.2. The van der Waals surface area contributed by atoms with E-state index in [4.69, 9.17) is 0 Å². The summed E-state index contributed by atoms with van der Waals surface area (Å²) in [6.07, 6.45) is 1.74. The summed E-state index contributed by atoms with van der Waals surface area (Å²) in [6, 6.07) is 28.3. The van der Waals surface area contributed by atoms with Crippen molar-refractivity contribution in [2.75, 3.05) is 19.6 Å². The molecule has 0 aliphatic carbocycles. The molecule has 1 aromatic heterocycles. The minimum atomic E-state index is -0.945. The number of aromatic nitrogens is 1. The first-order chi connectivity index (χ1) is 17.1. The van der Waals surface area contributed by atoms with Crippen LogP contribution in [-0.4, -0.2) is 56.8 Å². The predicted octanol–water partition coefficient (Wildman–Crippen LogP) is 4.67. The fourth-order valence-corrected chi connectivity index (χ4v) is 5.61. The Morgan fingerprint density at radius 1 is 0.857 bits per heavy atom. The first kappa shape index (κ1) is 23.1. The molecule has 35 heavy (non-hydrogen) atoms. The standard InChI is InChI=1S/C28H25N3O3S/c32-27(25(20-9-3-1-4-10-20)21-11-5-2-6-12-21)30-17-18-31(23(19-30)28(33)34)35-24-15-7-13-22-14-8-16-29-26(22)24/h1-16,23,25H,17-19H2,(H,33,34). The van der Waals surface area contributed by atoms with Crippen LogP contribution < -0.4 is 0 Å². The number of piperazine rings is 1. The molecular weight excluding hydrogens is 458 g/mol. The fraction of sp³-hybridized carbons (Fsp3) is 0.179. The average molecular weight is 484 g/mol. The molecule has 4 aromatic rings. The van der Waals surface area contributed by atoms with E-state index in [9.17, 15) is 14.7 Å². The van der Waals surface area contributed by atoms with Crippen LogP contribution in [0, 0.1) is 0 Å². The first-order valence-corrected chi connectivity index (χ1v) is 12.3. The topological polar surface area (TPSA) is 73.7 Å². The van der Waals surface area contributed by atoms with E-state index >= 15 is 0 Å². The Kier molecular flexibility index (Phi) is 6.79. The number of hydrogen-bond acceptors (Lipinski definition) is 5. The van der Waals surface area contributed by atoms with Gasteiger partial charge in [-0.25, -0.2) is 4.31 Å². The number of nitrogens with zero attached hydrogens (tertiary/aromatic N) is 3. The lowest BCUT2D eigenvalue weighted by atomic mass is 9.89. The quantitative estimate of drug-likeness (QED) is 0.402. The highest BCUT2D eigenvalue weighted by atomic mass is 32.2. The number of fused-ring (bicyclic) bond motifs is 1. The molecule has 1 fully saturated rings. The third kappa shape index (κ3) is 4.92. The molecule has 1 aliphatic heterocycles. The largest absolute Gasteiger partial charge is 0.480 e. The summed E-state index contributed by atoms with van der Waals surface area (Å²) < 4.78 is 1.86. The van der Waals surface area contributed by atoms with Gasteiger partial charge < -0.3 is 10.0 Å². The van der Waals surface area contributed by atoms with Gasteiger partial charge in [0.1, 0.15) is 6.04 Å². The number of carbonyl (C=O) groups is 2. The highest BCUT2D eigenvalue weighted by Crippen LogP contribution is 2.33. The lowest BCUT2D eigenvalue weighted by Crippen LogP contribution is -2.56. The van der Waals surface area contributed by atoms with E-state index in [0.717, 1.165) is 26.9 Å². The molecule has 1 aliphatic rings. The fourth-order valence-electron chi connectivity index (χ4n) is 4.50. The summed E-state index contributed by atoms with van der Waals surface area (Å²) in [6.45, 7) is 1.01. The minimum Gasteiger partial charge on any atom is -0.480 e. The SMILES string of the molecule is O=C(O)C1CN(C(=O)C(c2ccccc2)c2ccccc2)CCN1Sc1cccc2cccnc12. The lowest BCUT2D eigenvalue weighted by Gasteiger charge is -2.39. The summed E-state index contributed by atoms with van der Waals surface area (Å²) in [5.74, 6) is -1.50. The average Bonchev–Trinajstić information content (AvgIpc) is 2.90. The van der Waals surface area contributed by atoms with Gasteiger partial charge in [0.05, 0.1) is 11.4 Å². The maximum atomic E-state index is 13.8. The zero-order valence-electron chi connectivity index (χ0n) is 19.0. The minimum absolute atomic E-state index is 0.0786. The van der Waals surface area contributed by atoms with Gasteiger partial charge in [-0.1, -0.05) is 78.9 Å². The molecule has 0 bridgehead atoms. The molecule has 176 valence electrons. The van der Waals surface area contributed by atoms with E-state index in [1.54, 1.807) is 11.1 Å². The van der Waals surface area contributed by atoms with Crippen molar-refractivity contribution in [2.45, 2.75) is 16.9 Å². The predicted molar refractivity (Wildman–Crippen MR) is 137 cm³/mol. The number of rotatable bonds is 6. The van der Waals surface area contributed by atoms with Crippen molar-refractivity contribution in [1.82, 2.24) is 14.2 Å². The van der Waals surface area contributed by atoms with Crippen LogP contribution in [0.5, 0.6) is 0 Å². The van der Waals surface area contributed by atoms with Crippen LogP contribution in [0.15, 0.2) is 102 Å². The van der Waals surface area contributed by atoms with Crippen LogP contribution in [0.2, 0.25) is 0 Å². The van der Waals surface area contributed by atoms with Crippen molar-refractivity contribution in [3.05, 3.63) is 108 Å². The van der Waals surface area contributed by atoms with E-state index in [2.05, 4.69) is 4.98 Å². The van der Waals surface area contributed by atoms with Crippen LogP contribution >= 0.6 is 11.9 Å². The number of carbonyl (C=O) groups excluding carboxylic acids is 1. The molecule has 7 heteroatoms. The number of amides is 1. The summed E-state index contributed by atoms with van der Waals surface area (Å²) in [5, 5.41) is 11.1. The number of hydrogen-bond donors (Lipinski definition) is 1. The van der Waals surface area contributed by atoms with Gasteiger partial charge in [-0.3, -0.25) is 14.6 Å². The molecule has 0 spiro atoms. The van der Waals surface area contributed by atoms with Gasteiger partial charge in [-0.05, 0) is 35.2 Å². The van der Waals surface area contributed by atoms with E-state index in [-0.39, 0.29) is 12.5 Å². The first-order valence-electron chi connectivity index (χ1n) is 11.5. The Morgan fingerprint density at radius 2 is 1.51 bits per heavy atom. The number of carboxylic acids is 1. The smallest absolute Gasteiger partial charge is 0.323 e. The molecule has 2 heterocycles. The Morgan fingerprint density at radius 3 is 2.17 bits per heavy atom. The van der Waals surface area contributed by atoms with Gasteiger partial charge >= 0.3 is 5.97 Å². The highest BCUT2D eigenvalue weighted by molar-refractivity contribution is 7.97. The zero-order valence-corrected chi connectivity index (χ0v) is 19.8. The van der Waals surface area contributed by atoms with Gasteiger partial charge in [0.2, 0.25) is 5.91 Å². The Balaban J connectivity index is 1.40. The molecule has 0 radical (unpaired) electrons. The molecule has 0 saturated carbocycles. The Bertz CT molecular complexity index is 1290. The molecule has 1 N–H and O–H groups in total. The monoisotopic (exact) mass is 483 g/mol. The second kappa shape index (κ2) is 10.3. The third-order valence-corrected chi connectivity index (χ3v) is 7.45. The van der Waals surface area contributed by atoms with E-state index in [0.29, 0.717) is 13.1 Å². The number of aliphatic carboxylic acids is 1. The van der Waals surface area contributed by atoms with Gasteiger partial charge in [0, 0.05) is 36.1 Å². The summed E-state index contributed by atoms with van der Waals surface area (Å²) in [4.78, 5) is 33.2. The van der Waals surface area contributed by atoms with Crippen LogP contribution in [0.3, 0.4) is 0 Å². The van der Waals surface area contributed by atoms with Gasteiger partial charge in [0.15, 0.2) is 0 Å². The van der Waals surface area contributed by atoms with Crippen LogP contribution in [-0.2, 0) is 9.59 Å². The van der Waals surface area contributed by atoms with Crippen molar-refractivity contribution < 1.29 is 14.7 Å². The molecule has 1 amide bonds. The van der Waals surface area contributed by atoms with Gasteiger partial charge in [-0.15, -0.1) is 0 Å². The molecular formula is C28H25N3O3S. The van der Waals surface area contributed by atoms with E-state index in [1.807, 2.05) is 95.3 Å². The summed E-state index contributed by atoms with van der Waals surface area (Å²) in [5.41, 5.74) is 2.64. The van der Waals surface area contributed by atoms with Crippen molar-refractivity contribution >= 4 is 34.7 Å². The Labute approximate surface area is 208 Å². The second-order valence-electron chi connectivity index (χ2n) is 8.46. The maximum absolute atomic E-state index is 13.8. The molecule has 3 aromatic carbocycles. The van der Waals surface area contributed by atoms with Gasteiger partial charge in [-0.2, -0.15) is 0 Å². The summed E-state index contributed by atoms with van der Waals surface area (Å²) >= 11 is 1.40. The van der Waals surface area contributed by atoms with Crippen molar-refractivity contribution in [3.63, 3.8) is 0 Å². The third-order valence-electron chi connectivity index (χ3n) is 6.25. The van der Waals surface area contributed by atoms with Crippen LogP contribution in [0.1, 0.15) is 17.0 Å². The highest BCUT2D eigenvalue weighted by Gasteiger charge is 2.38. The number of benzene rings is 3. The number of pyridine rings is 1. The molecule has 5 rings (SSSR count). The number of carboxylic acid groups (broad SMARTS) is 1. The molecule has 6 nitrogen and oxygen atoms in total. The van der Waals surface area contributed by atoms with Crippen LogP contribution in [0.25, 0.3) is 10.9 Å². The second-order valence-corrected chi connectivity index (χ2v) is 9.55. The molecule has 1 unspecified atom stereocenters. The van der Waals surface area contributed by atoms with Crippen molar-refractivity contribution in [1.29, 1.82) is 0 Å². The van der Waals surface area contributed by atoms with Gasteiger partial charge in [0.25, 0.3) is 0 Å². The van der Waals surface area contributed by atoms with Crippen molar-refractivity contribution in [2.24, 2.45) is 0 Å². The Hall–Kier alpha value is -3.68. The molecule has 1 atom stereocenters. The van der Waals surface area contributed by atoms with E-state index < -0.39 is 17.9 Å². The maximum Gasteiger partial charge on any atom is 0.323 e. The van der Waals surface area contributed by atoms with Crippen molar-refractivity contribution in [3.8, 4) is 0 Å². The lowest BCUT2D eigenvalue weighted by molar-refractivity contribution is -0.145.